The molecule has 136 valence electrons. The summed E-state index contributed by atoms with van der Waals surface area (Å²) in [4.78, 5) is 28.1. The first-order chi connectivity index (χ1) is 12.1. The minimum atomic E-state index is -0.194. The van der Waals surface area contributed by atoms with Crippen LogP contribution in [0.15, 0.2) is 24.3 Å². The van der Waals surface area contributed by atoms with Gasteiger partial charge >= 0.3 is 0 Å². The molecule has 2 saturated heterocycles. The van der Waals surface area contributed by atoms with E-state index in [4.69, 9.17) is 4.74 Å². The fourth-order valence-corrected chi connectivity index (χ4v) is 3.36. The van der Waals surface area contributed by atoms with Crippen molar-refractivity contribution in [1.29, 1.82) is 0 Å². The Labute approximate surface area is 149 Å². The van der Waals surface area contributed by atoms with Crippen LogP contribution in [0.2, 0.25) is 0 Å². The molecule has 0 spiro atoms. The van der Waals surface area contributed by atoms with Gasteiger partial charge in [0, 0.05) is 52.1 Å². The van der Waals surface area contributed by atoms with E-state index in [1.807, 2.05) is 12.1 Å². The van der Waals surface area contributed by atoms with E-state index < -0.39 is 0 Å². The number of carbonyl (C=O) groups excluding carboxylic acids is 2. The molecular formula is C19H27N3O3. The van der Waals surface area contributed by atoms with Crippen molar-refractivity contribution in [2.45, 2.75) is 25.9 Å². The Balaban J connectivity index is 1.50. The van der Waals surface area contributed by atoms with Crippen molar-refractivity contribution in [2.75, 3.05) is 39.9 Å². The van der Waals surface area contributed by atoms with Gasteiger partial charge in [-0.2, -0.15) is 0 Å². The number of hydrogen-bond donors (Lipinski definition) is 1. The van der Waals surface area contributed by atoms with Gasteiger partial charge in [0.25, 0.3) is 0 Å². The first-order valence-electron chi connectivity index (χ1n) is 9.01. The maximum atomic E-state index is 12.3. The Morgan fingerprint density at radius 3 is 2.76 bits per heavy atom. The summed E-state index contributed by atoms with van der Waals surface area (Å²) in [6.45, 7) is 5.60. The van der Waals surface area contributed by atoms with E-state index in [-0.39, 0.29) is 17.7 Å². The zero-order chi connectivity index (χ0) is 17.6. The highest BCUT2D eigenvalue weighted by molar-refractivity contribution is 5.86. The Bertz CT molecular complexity index is 614. The molecule has 6 nitrogen and oxygen atoms in total. The van der Waals surface area contributed by atoms with E-state index in [1.54, 1.807) is 11.9 Å². The van der Waals surface area contributed by atoms with Crippen LogP contribution in [-0.4, -0.2) is 61.5 Å². The first-order valence-corrected chi connectivity index (χ1v) is 9.01. The number of nitrogens with one attached hydrogen (secondary N) is 1. The molecule has 2 heterocycles. The van der Waals surface area contributed by atoms with E-state index in [1.165, 1.54) is 5.56 Å². The Kier molecular flexibility index (Phi) is 6.04. The lowest BCUT2D eigenvalue weighted by Crippen LogP contribution is -2.41. The number of morpholine rings is 1. The standard InChI is InChI=1S/C19H27N3O3/c1-21-6-5-17(12-18(21)23)19(24)20-13-15-3-2-4-16(11-15)14-22-7-9-25-10-8-22/h2-4,11,17H,5-10,12-14H2,1H3,(H,20,24). The molecule has 0 saturated carbocycles. The summed E-state index contributed by atoms with van der Waals surface area (Å²) < 4.78 is 5.38. The summed E-state index contributed by atoms with van der Waals surface area (Å²) in [7, 11) is 1.79. The van der Waals surface area contributed by atoms with E-state index in [0.29, 0.717) is 19.5 Å². The second-order valence-electron chi connectivity index (χ2n) is 6.93. The average molecular weight is 345 g/mol. The highest BCUT2D eigenvalue weighted by atomic mass is 16.5. The molecule has 1 atom stereocenters. The maximum absolute atomic E-state index is 12.3. The van der Waals surface area contributed by atoms with Gasteiger partial charge in [-0.25, -0.2) is 0 Å². The minimum absolute atomic E-state index is 0.0139. The monoisotopic (exact) mass is 345 g/mol. The third-order valence-corrected chi connectivity index (χ3v) is 5.00. The lowest BCUT2D eigenvalue weighted by atomic mass is 9.95. The van der Waals surface area contributed by atoms with Crippen molar-refractivity contribution in [3.05, 3.63) is 35.4 Å². The molecule has 2 fully saturated rings. The largest absolute Gasteiger partial charge is 0.379 e. The second-order valence-corrected chi connectivity index (χ2v) is 6.93. The van der Waals surface area contributed by atoms with Gasteiger partial charge in [0.15, 0.2) is 0 Å². The van der Waals surface area contributed by atoms with Gasteiger partial charge in [-0.15, -0.1) is 0 Å². The highest BCUT2D eigenvalue weighted by Gasteiger charge is 2.28. The zero-order valence-electron chi connectivity index (χ0n) is 14.9. The van der Waals surface area contributed by atoms with Gasteiger partial charge in [-0.05, 0) is 17.5 Å². The maximum Gasteiger partial charge on any atom is 0.223 e. The molecule has 25 heavy (non-hydrogen) atoms. The molecule has 6 heteroatoms. The normalized spacial score (nSPS) is 22.0. The molecule has 2 aliphatic rings. The number of ether oxygens (including phenoxy) is 1. The quantitative estimate of drug-likeness (QED) is 0.865. The number of amides is 2. The van der Waals surface area contributed by atoms with Crippen LogP contribution in [0.5, 0.6) is 0 Å². The van der Waals surface area contributed by atoms with Crippen molar-refractivity contribution in [2.24, 2.45) is 5.92 Å². The van der Waals surface area contributed by atoms with Crippen molar-refractivity contribution < 1.29 is 14.3 Å². The summed E-state index contributed by atoms with van der Waals surface area (Å²) in [6.07, 6.45) is 1.06. The number of hydrogen-bond acceptors (Lipinski definition) is 4. The summed E-state index contributed by atoms with van der Waals surface area (Å²) >= 11 is 0. The van der Waals surface area contributed by atoms with Crippen LogP contribution in [0.4, 0.5) is 0 Å². The van der Waals surface area contributed by atoms with Gasteiger partial charge in [-0.1, -0.05) is 24.3 Å². The topological polar surface area (TPSA) is 61.9 Å². The van der Waals surface area contributed by atoms with Crippen LogP contribution in [0.3, 0.4) is 0 Å². The Morgan fingerprint density at radius 2 is 2.00 bits per heavy atom. The third-order valence-electron chi connectivity index (χ3n) is 5.00. The molecule has 0 radical (unpaired) electrons. The molecule has 2 aliphatic heterocycles. The van der Waals surface area contributed by atoms with Gasteiger partial charge in [0.2, 0.25) is 11.8 Å². The number of rotatable bonds is 5. The van der Waals surface area contributed by atoms with Crippen molar-refractivity contribution in [3.8, 4) is 0 Å². The van der Waals surface area contributed by atoms with Gasteiger partial charge in [0.1, 0.15) is 0 Å². The van der Waals surface area contributed by atoms with Crippen molar-refractivity contribution in [1.82, 2.24) is 15.1 Å². The van der Waals surface area contributed by atoms with Gasteiger partial charge < -0.3 is 15.0 Å². The lowest BCUT2D eigenvalue weighted by Gasteiger charge is -2.28. The first kappa shape index (κ1) is 17.9. The fourth-order valence-electron chi connectivity index (χ4n) is 3.36. The third kappa shape index (κ3) is 5.03. The van der Waals surface area contributed by atoms with E-state index in [2.05, 4.69) is 22.3 Å². The predicted octanol–water partition coefficient (Wildman–Crippen LogP) is 1.00. The average Bonchev–Trinajstić information content (AvgIpc) is 2.63. The Morgan fingerprint density at radius 1 is 1.24 bits per heavy atom. The molecule has 0 bridgehead atoms. The van der Waals surface area contributed by atoms with E-state index in [9.17, 15) is 9.59 Å². The Hall–Kier alpha value is -1.92. The number of likely N-dealkylation sites (tertiary alicyclic amines) is 1. The summed E-state index contributed by atoms with van der Waals surface area (Å²) in [6, 6.07) is 8.34. The highest BCUT2D eigenvalue weighted by Crippen LogP contribution is 2.17. The second kappa shape index (κ2) is 8.45. The van der Waals surface area contributed by atoms with Gasteiger partial charge in [0.05, 0.1) is 13.2 Å². The van der Waals surface area contributed by atoms with Crippen molar-refractivity contribution in [3.63, 3.8) is 0 Å². The predicted molar refractivity (Wildman–Crippen MR) is 94.7 cm³/mol. The smallest absolute Gasteiger partial charge is 0.223 e. The molecule has 1 aromatic carbocycles. The molecule has 0 aromatic heterocycles. The van der Waals surface area contributed by atoms with Crippen LogP contribution < -0.4 is 5.32 Å². The molecule has 3 rings (SSSR count). The molecule has 1 aromatic rings. The minimum Gasteiger partial charge on any atom is -0.379 e. The number of nitrogens with zero attached hydrogens (tertiary/aromatic N) is 2. The number of carbonyl (C=O) groups is 2. The molecule has 2 amide bonds. The molecule has 1 N–H and O–H groups in total. The van der Waals surface area contributed by atoms with Crippen LogP contribution >= 0.6 is 0 Å². The lowest BCUT2D eigenvalue weighted by molar-refractivity contribution is -0.139. The van der Waals surface area contributed by atoms with Crippen molar-refractivity contribution >= 4 is 11.8 Å². The molecular weight excluding hydrogens is 318 g/mol. The SMILES string of the molecule is CN1CCC(C(=O)NCc2cccc(CN3CCOCC3)c2)CC1=O. The fraction of sp³-hybridized carbons (Fsp3) is 0.579. The zero-order valence-corrected chi connectivity index (χ0v) is 14.9. The summed E-state index contributed by atoms with van der Waals surface area (Å²) in [5.41, 5.74) is 2.35. The van der Waals surface area contributed by atoms with Crippen LogP contribution in [0.1, 0.15) is 24.0 Å². The molecule has 0 aliphatic carbocycles. The molecule has 1 unspecified atom stereocenters. The van der Waals surface area contributed by atoms with Gasteiger partial charge in [-0.3, -0.25) is 14.5 Å². The number of benzene rings is 1. The number of piperidine rings is 1. The van der Waals surface area contributed by atoms with E-state index >= 15 is 0 Å². The summed E-state index contributed by atoms with van der Waals surface area (Å²) in [5.74, 6) is -0.154. The van der Waals surface area contributed by atoms with Crippen LogP contribution in [0.25, 0.3) is 0 Å². The summed E-state index contributed by atoms with van der Waals surface area (Å²) in [5, 5.41) is 2.99. The van der Waals surface area contributed by atoms with Crippen LogP contribution in [0, 0.1) is 5.92 Å². The van der Waals surface area contributed by atoms with E-state index in [0.717, 1.165) is 44.8 Å². The van der Waals surface area contributed by atoms with Crippen LogP contribution in [-0.2, 0) is 27.4 Å².